The van der Waals surface area contributed by atoms with E-state index in [-0.39, 0.29) is 11.3 Å². The third kappa shape index (κ3) is 4.44. The molecule has 0 aliphatic carbocycles. The second kappa shape index (κ2) is 8.50. The van der Waals surface area contributed by atoms with E-state index in [2.05, 4.69) is 10.6 Å². The predicted octanol–water partition coefficient (Wildman–Crippen LogP) is 3.14. The number of hydrogen-bond acceptors (Lipinski definition) is 6. The van der Waals surface area contributed by atoms with Crippen LogP contribution in [0, 0.1) is 21.4 Å². The fourth-order valence-corrected chi connectivity index (χ4v) is 2.23. The van der Waals surface area contributed by atoms with Crippen molar-refractivity contribution in [3.8, 4) is 6.07 Å². The van der Waals surface area contributed by atoms with Gasteiger partial charge < -0.3 is 15.4 Å². The van der Waals surface area contributed by atoms with E-state index in [1.54, 1.807) is 19.2 Å². The fraction of sp³-hybridized carbons (Fsp3) is 0.235. The van der Waals surface area contributed by atoms with Crippen molar-refractivity contribution < 1.29 is 9.66 Å². The van der Waals surface area contributed by atoms with Crippen molar-refractivity contribution in [2.45, 2.75) is 6.54 Å². The van der Waals surface area contributed by atoms with Crippen molar-refractivity contribution in [3.63, 3.8) is 0 Å². The number of hydrogen-bond donors (Lipinski definition) is 2. The molecule has 7 nitrogen and oxygen atoms in total. The molecule has 0 aliphatic rings. The minimum atomic E-state index is -0.494. The lowest BCUT2D eigenvalue weighted by molar-refractivity contribution is -0.384. The Hall–Kier alpha value is -3.11. The number of anilines is 2. The van der Waals surface area contributed by atoms with Crippen LogP contribution < -0.4 is 10.6 Å². The standard InChI is InChI=1S/C17H18N4O3/c1-24-9-8-19-15-5-3-2-4-14(15)12-20-16-7-6-13(11-18)10-17(16)21(22)23/h2-7,10,19-20H,8-9,12H2,1H3. The van der Waals surface area contributed by atoms with Crippen molar-refractivity contribution in [1.29, 1.82) is 5.26 Å². The molecule has 0 fully saturated rings. The van der Waals surface area contributed by atoms with Crippen LogP contribution in [0.25, 0.3) is 0 Å². The summed E-state index contributed by atoms with van der Waals surface area (Å²) in [6.07, 6.45) is 0. The molecule has 0 aliphatic heterocycles. The van der Waals surface area contributed by atoms with Gasteiger partial charge in [-0.25, -0.2) is 0 Å². The Morgan fingerprint density at radius 2 is 2.00 bits per heavy atom. The van der Waals surface area contributed by atoms with Gasteiger partial charge in [0.1, 0.15) is 5.69 Å². The van der Waals surface area contributed by atoms with Gasteiger partial charge in [0.15, 0.2) is 0 Å². The van der Waals surface area contributed by atoms with E-state index in [9.17, 15) is 10.1 Å². The van der Waals surface area contributed by atoms with Gasteiger partial charge in [-0.1, -0.05) is 18.2 Å². The highest BCUT2D eigenvalue weighted by Gasteiger charge is 2.14. The second-order valence-electron chi connectivity index (χ2n) is 5.03. The molecule has 2 N–H and O–H groups in total. The highest BCUT2D eigenvalue weighted by Crippen LogP contribution is 2.26. The number of para-hydroxylation sites is 1. The van der Waals surface area contributed by atoms with Crippen LogP contribution >= 0.6 is 0 Å². The smallest absolute Gasteiger partial charge is 0.293 e. The van der Waals surface area contributed by atoms with Gasteiger partial charge in [-0.15, -0.1) is 0 Å². The number of rotatable bonds is 8. The number of methoxy groups -OCH3 is 1. The van der Waals surface area contributed by atoms with Gasteiger partial charge in [0.25, 0.3) is 5.69 Å². The number of nitrogens with zero attached hydrogens (tertiary/aromatic N) is 2. The third-order valence-electron chi connectivity index (χ3n) is 3.43. The number of nitro benzene ring substituents is 1. The molecule has 124 valence electrons. The van der Waals surface area contributed by atoms with E-state index in [0.29, 0.717) is 25.4 Å². The molecule has 24 heavy (non-hydrogen) atoms. The molecule has 2 aromatic carbocycles. The summed E-state index contributed by atoms with van der Waals surface area (Å²) >= 11 is 0. The molecule has 0 amide bonds. The van der Waals surface area contributed by atoms with Gasteiger partial charge in [-0.3, -0.25) is 10.1 Å². The highest BCUT2D eigenvalue weighted by atomic mass is 16.6. The second-order valence-corrected chi connectivity index (χ2v) is 5.03. The van der Waals surface area contributed by atoms with Crippen LogP contribution in [-0.4, -0.2) is 25.2 Å². The van der Waals surface area contributed by atoms with Crippen LogP contribution in [-0.2, 0) is 11.3 Å². The fourth-order valence-electron chi connectivity index (χ4n) is 2.23. The summed E-state index contributed by atoms with van der Waals surface area (Å²) in [4.78, 5) is 10.7. The van der Waals surface area contributed by atoms with Crippen molar-refractivity contribution >= 4 is 17.1 Å². The van der Waals surface area contributed by atoms with E-state index in [4.69, 9.17) is 10.00 Å². The minimum Gasteiger partial charge on any atom is -0.383 e. The van der Waals surface area contributed by atoms with Crippen molar-refractivity contribution in [2.24, 2.45) is 0 Å². The summed E-state index contributed by atoms with van der Waals surface area (Å²) in [5, 5.41) is 26.4. The van der Waals surface area contributed by atoms with Gasteiger partial charge >= 0.3 is 0 Å². The first-order valence-corrected chi connectivity index (χ1v) is 7.39. The van der Waals surface area contributed by atoms with Gasteiger partial charge in [0.05, 0.1) is 23.2 Å². The van der Waals surface area contributed by atoms with Crippen LogP contribution in [0.4, 0.5) is 17.1 Å². The average Bonchev–Trinajstić information content (AvgIpc) is 2.61. The molecule has 7 heteroatoms. The maximum atomic E-state index is 11.2. The molecule has 2 aromatic rings. The molecule has 0 spiro atoms. The zero-order valence-corrected chi connectivity index (χ0v) is 13.3. The first-order chi connectivity index (χ1) is 11.7. The topological polar surface area (TPSA) is 100 Å². The summed E-state index contributed by atoms with van der Waals surface area (Å²) in [5.74, 6) is 0. The Kier molecular flexibility index (Phi) is 6.11. The van der Waals surface area contributed by atoms with Gasteiger partial charge in [0, 0.05) is 32.0 Å². The summed E-state index contributed by atoms with van der Waals surface area (Å²) < 4.78 is 5.02. The molecular formula is C17H18N4O3. The number of nitro groups is 1. The SMILES string of the molecule is COCCNc1ccccc1CNc1ccc(C#N)cc1[N+](=O)[O-]. The molecule has 0 radical (unpaired) electrons. The lowest BCUT2D eigenvalue weighted by atomic mass is 10.1. The Morgan fingerprint density at radius 3 is 2.71 bits per heavy atom. The van der Waals surface area contributed by atoms with E-state index in [1.807, 2.05) is 30.3 Å². The molecule has 0 saturated carbocycles. The maximum absolute atomic E-state index is 11.2. The molecule has 0 heterocycles. The van der Waals surface area contributed by atoms with Crippen LogP contribution in [0.3, 0.4) is 0 Å². The molecule has 2 rings (SSSR count). The van der Waals surface area contributed by atoms with Crippen molar-refractivity contribution in [2.75, 3.05) is 30.9 Å². The molecule has 0 atom stereocenters. The maximum Gasteiger partial charge on any atom is 0.293 e. The molecule has 0 aromatic heterocycles. The molecular weight excluding hydrogens is 308 g/mol. The van der Waals surface area contributed by atoms with Crippen molar-refractivity contribution in [1.82, 2.24) is 0 Å². The normalized spacial score (nSPS) is 10.0. The number of ether oxygens (including phenoxy) is 1. The van der Waals surface area contributed by atoms with Gasteiger partial charge in [0.2, 0.25) is 0 Å². The lowest BCUT2D eigenvalue weighted by Crippen LogP contribution is -2.11. The highest BCUT2D eigenvalue weighted by molar-refractivity contribution is 5.65. The number of nitrogens with one attached hydrogen (secondary N) is 2. The Balaban J connectivity index is 2.14. The predicted molar refractivity (Wildman–Crippen MR) is 91.9 cm³/mol. The van der Waals surface area contributed by atoms with E-state index < -0.39 is 4.92 Å². The monoisotopic (exact) mass is 326 g/mol. The summed E-state index contributed by atoms with van der Waals surface area (Å²) in [6, 6.07) is 14.0. The quantitative estimate of drug-likeness (QED) is 0.439. The van der Waals surface area contributed by atoms with E-state index in [1.165, 1.54) is 6.07 Å². The largest absolute Gasteiger partial charge is 0.383 e. The molecule has 0 bridgehead atoms. The Morgan fingerprint density at radius 1 is 1.21 bits per heavy atom. The zero-order valence-electron chi connectivity index (χ0n) is 13.3. The summed E-state index contributed by atoms with van der Waals surface area (Å²) in [5.41, 5.74) is 2.45. The first-order valence-electron chi connectivity index (χ1n) is 7.39. The Labute approximate surface area is 140 Å². The Bertz CT molecular complexity index is 756. The average molecular weight is 326 g/mol. The first kappa shape index (κ1) is 17.2. The van der Waals surface area contributed by atoms with Gasteiger partial charge in [-0.2, -0.15) is 5.26 Å². The van der Waals surface area contributed by atoms with Crippen LogP contribution in [0.5, 0.6) is 0 Å². The molecule has 0 unspecified atom stereocenters. The molecule has 0 saturated heterocycles. The van der Waals surface area contributed by atoms with Crippen molar-refractivity contribution in [3.05, 3.63) is 63.7 Å². The minimum absolute atomic E-state index is 0.112. The van der Waals surface area contributed by atoms with E-state index >= 15 is 0 Å². The summed E-state index contributed by atoms with van der Waals surface area (Å²) in [6.45, 7) is 1.68. The van der Waals surface area contributed by atoms with Crippen LogP contribution in [0.15, 0.2) is 42.5 Å². The van der Waals surface area contributed by atoms with E-state index in [0.717, 1.165) is 11.3 Å². The number of benzene rings is 2. The summed E-state index contributed by atoms with van der Waals surface area (Å²) in [7, 11) is 1.64. The number of nitriles is 1. The van der Waals surface area contributed by atoms with Crippen LogP contribution in [0.1, 0.15) is 11.1 Å². The third-order valence-corrected chi connectivity index (χ3v) is 3.43. The van der Waals surface area contributed by atoms with Gasteiger partial charge in [-0.05, 0) is 23.8 Å². The van der Waals surface area contributed by atoms with Crippen LogP contribution in [0.2, 0.25) is 0 Å². The lowest BCUT2D eigenvalue weighted by Gasteiger charge is -2.13. The zero-order chi connectivity index (χ0) is 17.4.